The van der Waals surface area contributed by atoms with Crippen LogP contribution in [0.3, 0.4) is 0 Å². The second-order valence-electron chi connectivity index (χ2n) is 6.71. The summed E-state index contributed by atoms with van der Waals surface area (Å²) in [5.74, 6) is -5.09. The molecule has 0 aromatic carbocycles. The van der Waals surface area contributed by atoms with Gasteiger partial charge >= 0.3 is 11.9 Å². The average molecular weight is 491 g/mol. The van der Waals surface area contributed by atoms with Crippen LogP contribution >= 0.6 is 25.3 Å². The van der Waals surface area contributed by atoms with Crippen LogP contribution in [0.25, 0.3) is 0 Å². The standard InChI is InChI=1S/C17H26N6O7S2/c18-9(5-31)14(26)21-10(1-2-13(24)25)15(27)22-11(3-8-4-19-7-20-8)16(28)23-12(6-32)17(29)30/h4,7,9-12,31-32H,1-3,5-6,18H2,(H,19,20)(H,21,26)(H,22,27)(H,23,28)(H,24,25)(H,29,30). The number of H-pyrrole nitrogens is 1. The molecule has 4 atom stereocenters. The molecule has 0 radical (unpaired) electrons. The Morgan fingerprint density at radius 3 is 2.06 bits per heavy atom. The summed E-state index contributed by atoms with van der Waals surface area (Å²) in [6.07, 6.45) is 1.99. The lowest BCUT2D eigenvalue weighted by Gasteiger charge is -2.24. The number of hydrogen-bond donors (Lipinski definition) is 9. The number of aromatic nitrogens is 2. The van der Waals surface area contributed by atoms with E-state index >= 15 is 0 Å². The number of rotatable bonds is 14. The van der Waals surface area contributed by atoms with Crippen LogP contribution in [0.15, 0.2) is 12.5 Å². The van der Waals surface area contributed by atoms with Crippen molar-refractivity contribution < 1.29 is 34.2 Å². The number of nitrogens with zero attached hydrogens (tertiary/aromatic N) is 1. The number of amides is 3. The van der Waals surface area contributed by atoms with Gasteiger partial charge in [-0.2, -0.15) is 25.3 Å². The molecule has 1 aromatic heterocycles. The lowest BCUT2D eigenvalue weighted by Crippen LogP contribution is -2.58. The SMILES string of the molecule is NC(CS)C(=O)NC(CCC(=O)O)C(=O)NC(Cc1cnc[nH]1)C(=O)NC(CS)C(=O)O. The van der Waals surface area contributed by atoms with Crippen molar-refractivity contribution in [1.29, 1.82) is 0 Å². The first-order valence-corrected chi connectivity index (χ1v) is 10.7. The lowest BCUT2D eigenvalue weighted by molar-refractivity contribution is -0.141. The lowest BCUT2D eigenvalue weighted by atomic mass is 10.1. The van der Waals surface area contributed by atoms with Crippen LogP contribution in [0.2, 0.25) is 0 Å². The van der Waals surface area contributed by atoms with Gasteiger partial charge in [0.2, 0.25) is 17.7 Å². The van der Waals surface area contributed by atoms with E-state index in [9.17, 15) is 24.0 Å². The molecule has 32 heavy (non-hydrogen) atoms. The number of carbonyl (C=O) groups excluding carboxylic acids is 3. The van der Waals surface area contributed by atoms with Gasteiger partial charge in [0.05, 0.1) is 12.4 Å². The third kappa shape index (κ3) is 9.15. The van der Waals surface area contributed by atoms with Crippen molar-refractivity contribution in [3.63, 3.8) is 0 Å². The van der Waals surface area contributed by atoms with Gasteiger partial charge in [-0.25, -0.2) is 9.78 Å². The van der Waals surface area contributed by atoms with E-state index in [4.69, 9.17) is 15.9 Å². The molecular formula is C17H26N6O7S2. The maximum atomic E-state index is 12.8. The number of imidazole rings is 1. The molecule has 178 valence electrons. The largest absolute Gasteiger partial charge is 0.481 e. The van der Waals surface area contributed by atoms with Gasteiger partial charge < -0.3 is 36.9 Å². The van der Waals surface area contributed by atoms with Crippen molar-refractivity contribution in [1.82, 2.24) is 25.9 Å². The summed E-state index contributed by atoms with van der Waals surface area (Å²) in [5, 5.41) is 25.1. The van der Waals surface area contributed by atoms with Crippen molar-refractivity contribution in [3.05, 3.63) is 18.2 Å². The predicted molar refractivity (Wildman–Crippen MR) is 118 cm³/mol. The Morgan fingerprint density at radius 2 is 1.56 bits per heavy atom. The topological polar surface area (TPSA) is 217 Å². The molecule has 0 spiro atoms. The zero-order chi connectivity index (χ0) is 24.3. The molecule has 15 heteroatoms. The van der Waals surface area contributed by atoms with Crippen LogP contribution in [0.5, 0.6) is 0 Å². The van der Waals surface area contributed by atoms with E-state index in [1.54, 1.807) is 0 Å². The number of carboxylic acid groups (broad SMARTS) is 2. The molecule has 0 bridgehead atoms. The smallest absolute Gasteiger partial charge is 0.327 e. The third-order valence-electron chi connectivity index (χ3n) is 4.22. The molecule has 4 unspecified atom stereocenters. The summed E-state index contributed by atoms with van der Waals surface area (Å²) in [6, 6.07) is -4.90. The first-order valence-electron chi connectivity index (χ1n) is 9.39. The van der Waals surface area contributed by atoms with E-state index in [0.717, 1.165) is 0 Å². The fraction of sp³-hybridized carbons (Fsp3) is 0.529. The Bertz CT molecular complexity index is 807. The molecule has 13 nitrogen and oxygen atoms in total. The average Bonchev–Trinajstić information content (AvgIpc) is 3.25. The van der Waals surface area contributed by atoms with Crippen molar-refractivity contribution >= 4 is 54.9 Å². The van der Waals surface area contributed by atoms with E-state index in [1.165, 1.54) is 12.5 Å². The number of nitrogens with two attached hydrogens (primary N) is 1. The predicted octanol–water partition coefficient (Wildman–Crippen LogP) is -2.46. The summed E-state index contributed by atoms with van der Waals surface area (Å²) in [4.78, 5) is 66.3. The minimum absolute atomic E-state index is 0.00966. The molecule has 0 aliphatic heterocycles. The van der Waals surface area contributed by atoms with Gasteiger partial charge in [-0.05, 0) is 6.42 Å². The van der Waals surface area contributed by atoms with Gasteiger partial charge in [0.1, 0.15) is 18.1 Å². The van der Waals surface area contributed by atoms with Gasteiger partial charge in [-0.1, -0.05) is 0 Å². The van der Waals surface area contributed by atoms with Gasteiger partial charge in [-0.15, -0.1) is 0 Å². The summed E-state index contributed by atoms with van der Waals surface area (Å²) < 4.78 is 0. The summed E-state index contributed by atoms with van der Waals surface area (Å²) in [6.45, 7) is 0. The Hall–Kier alpha value is -2.78. The molecule has 0 aliphatic carbocycles. The van der Waals surface area contributed by atoms with Crippen LogP contribution in [0.4, 0.5) is 0 Å². The minimum atomic E-state index is -1.31. The number of aromatic amines is 1. The summed E-state index contributed by atoms with van der Waals surface area (Å²) in [5.41, 5.74) is 6.05. The summed E-state index contributed by atoms with van der Waals surface area (Å²) in [7, 11) is 0. The second kappa shape index (κ2) is 13.6. The van der Waals surface area contributed by atoms with Crippen LogP contribution < -0.4 is 21.7 Å². The van der Waals surface area contributed by atoms with Gasteiger partial charge in [-0.3, -0.25) is 19.2 Å². The fourth-order valence-electron chi connectivity index (χ4n) is 2.45. The highest BCUT2D eigenvalue weighted by Gasteiger charge is 2.30. The summed E-state index contributed by atoms with van der Waals surface area (Å²) >= 11 is 7.79. The zero-order valence-electron chi connectivity index (χ0n) is 16.9. The molecule has 1 rings (SSSR count). The highest BCUT2D eigenvalue weighted by molar-refractivity contribution is 7.80. The molecule has 0 aliphatic rings. The molecule has 1 heterocycles. The number of aliphatic carboxylic acids is 2. The quantitative estimate of drug-likeness (QED) is 0.126. The first-order chi connectivity index (χ1) is 15.1. The normalized spacial score (nSPS) is 14.5. The van der Waals surface area contributed by atoms with Crippen LogP contribution in [-0.2, 0) is 30.4 Å². The maximum absolute atomic E-state index is 12.8. The van der Waals surface area contributed by atoms with Crippen molar-refractivity contribution in [3.8, 4) is 0 Å². The molecule has 0 fully saturated rings. The van der Waals surface area contributed by atoms with Crippen molar-refractivity contribution in [2.75, 3.05) is 11.5 Å². The first kappa shape index (κ1) is 27.3. The molecular weight excluding hydrogens is 464 g/mol. The number of carboxylic acids is 2. The molecule has 1 aromatic rings. The number of nitrogens with one attached hydrogen (secondary N) is 4. The van der Waals surface area contributed by atoms with Gasteiger partial charge in [0.25, 0.3) is 0 Å². The van der Waals surface area contributed by atoms with Crippen LogP contribution in [0.1, 0.15) is 18.5 Å². The molecule has 8 N–H and O–H groups in total. The van der Waals surface area contributed by atoms with Crippen molar-refractivity contribution in [2.45, 2.75) is 43.4 Å². The molecule has 0 saturated carbocycles. The van der Waals surface area contributed by atoms with E-state index in [1.807, 2.05) is 0 Å². The van der Waals surface area contributed by atoms with E-state index in [2.05, 4.69) is 51.2 Å². The van der Waals surface area contributed by atoms with E-state index < -0.39 is 60.2 Å². The number of thiol groups is 2. The highest BCUT2D eigenvalue weighted by Crippen LogP contribution is 2.04. The Labute approximate surface area is 194 Å². The molecule has 3 amide bonds. The van der Waals surface area contributed by atoms with Crippen LogP contribution in [0, 0.1) is 0 Å². The fourth-order valence-corrected chi connectivity index (χ4v) is 2.87. The van der Waals surface area contributed by atoms with E-state index in [0.29, 0.717) is 5.69 Å². The van der Waals surface area contributed by atoms with Crippen LogP contribution in [-0.4, -0.2) is 85.5 Å². The Kier molecular flexibility index (Phi) is 11.6. The monoisotopic (exact) mass is 490 g/mol. The van der Waals surface area contributed by atoms with E-state index in [-0.39, 0.29) is 24.3 Å². The zero-order valence-corrected chi connectivity index (χ0v) is 18.6. The maximum Gasteiger partial charge on any atom is 0.327 e. The highest BCUT2D eigenvalue weighted by atomic mass is 32.1. The second-order valence-corrected chi connectivity index (χ2v) is 7.44. The van der Waals surface area contributed by atoms with Crippen molar-refractivity contribution in [2.24, 2.45) is 5.73 Å². The number of hydrogen-bond acceptors (Lipinski definition) is 9. The number of carbonyl (C=O) groups is 5. The third-order valence-corrected chi connectivity index (χ3v) is 4.98. The Balaban J connectivity index is 3.03. The minimum Gasteiger partial charge on any atom is -0.481 e. The Morgan fingerprint density at radius 1 is 0.969 bits per heavy atom. The van der Waals surface area contributed by atoms with Gasteiger partial charge in [0, 0.05) is 36.2 Å². The molecule has 0 saturated heterocycles. The van der Waals surface area contributed by atoms with Gasteiger partial charge in [0.15, 0.2) is 0 Å².